The van der Waals surface area contributed by atoms with E-state index in [1.54, 1.807) is 7.05 Å². The van der Waals surface area contributed by atoms with Crippen LogP contribution in [0.5, 0.6) is 6.01 Å². The molecule has 108 valence electrons. The number of aromatic nitrogens is 3. The molecule has 0 radical (unpaired) electrons. The smallest absolute Gasteiger partial charge is 0.323 e. The molecule has 0 amide bonds. The summed E-state index contributed by atoms with van der Waals surface area (Å²) in [4.78, 5) is 12.6. The molecule has 3 N–H and O–H groups in total. The zero-order chi connectivity index (χ0) is 14.3. The van der Waals surface area contributed by atoms with Crippen molar-refractivity contribution in [2.24, 2.45) is 0 Å². The first kappa shape index (κ1) is 15.4. The van der Waals surface area contributed by atoms with E-state index in [2.05, 4.69) is 25.6 Å². The van der Waals surface area contributed by atoms with E-state index in [1.165, 1.54) is 0 Å². The van der Waals surface area contributed by atoms with Gasteiger partial charge in [-0.1, -0.05) is 6.92 Å². The quantitative estimate of drug-likeness (QED) is 0.654. The second-order valence-electron chi connectivity index (χ2n) is 4.85. The number of nitrogens with zero attached hydrogens (tertiary/aromatic N) is 3. The van der Waals surface area contributed by atoms with Gasteiger partial charge in [-0.05, 0) is 26.7 Å². The van der Waals surface area contributed by atoms with Crippen molar-refractivity contribution >= 4 is 11.9 Å². The Bertz CT molecular complexity index is 398. The summed E-state index contributed by atoms with van der Waals surface area (Å²) < 4.78 is 5.42. The molecule has 0 aliphatic carbocycles. The normalized spacial score (nSPS) is 11.2. The van der Waals surface area contributed by atoms with Crippen molar-refractivity contribution in [3.05, 3.63) is 0 Å². The van der Waals surface area contributed by atoms with Gasteiger partial charge in [-0.25, -0.2) is 0 Å². The predicted octanol–water partition coefficient (Wildman–Crippen LogP) is 1.27. The van der Waals surface area contributed by atoms with Crippen LogP contribution in [0.2, 0.25) is 0 Å². The molecule has 1 heterocycles. The van der Waals surface area contributed by atoms with Gasteiger partial charge in [0.05, 0.1) is 6.61 Å². The summed E-state index contributed by atoms with van der Waals surface area (Å²) >= 11 is 0. The molecule has 0 saturated carbocycles. The number of rotatable bonds is 8. The molecule has 1 rings (SSSR count). The lowest BCUT2D eigenvalue weighted by molar-refractivity contribution is 0.260. The Balaban J connectivity index is 2.87. The van der Waals surface area contributed by atoms with Crippen LogP contribution in [0.15, 0.2) is 0 Å². The molecular formula is C12H23N5O2. The van der Waals surface area contributed by atoms with Gasteiger partial charge in [-0.3, -0.25) is 0 Å². The average molecular weight is 269 g/mol. The summed E-state index contributed by atoms with van der Waals surface area (Å²) in [5, 5.41) is 15.1. The number of hydrogen-bond acceptors (Lipinski definition) is 7. The van der Waals surface area contributed by atoms with Crippen molar-refractivity contribution in [1.82, 2.24) is 15.0 Å². The highest BCUT2D eigenvalue weighted by Crippen LogP contribution is 2.17. The van der Waals surface area contributed by atoms with Crippen LogP contribution in [-0.4, -0.2) is 45.9 Å². The van der Waals surface area contributed by atoms with Crippen LogP contribution in [-0.2, 0) is 0 Å². The number of nitrogens with one attached hydrogen (secondary N) is 2. The SMILES string of the molecule is CCCOc1nc(NC)nc(NC(C)(C)CCO)n1. The van der Waals surface area contributed by atoms with Crippen LogP contribution in [0.1, 0.15) is 33.6 Å². The van der Waals surface area contributed by atoms with Crippen molar-refractivity contribution in [1.29, 1.82) is 0 Å². The zero-order valence-corrected chi connectivity index (χ0v) is 12.0. The van der Waals surface area contributed by atoms with Crippen molar-refractivity contribution in [2.45, 2.75) is 39.2 Å². The van der Waals surface area contributed by atoms with Gasteiger partial charge in [0, 0.05) is 19.2 Å². The third-order valence-corrected chi connectivity index (χ3v) is 2.46. The first-order valence-corrected chi connectivity index (χ1v) is 6.46. The lowest BCUT2D eigenvalue weighted by atomic mass is 10.0. The highest BCUT2D eigenvalue weighted by atomic mass is 16.5. The molecule has 0 fully saturated rings. The van der Waals surface area contributed by atoms with Gasteiger partial charge in [0.2, 0.25) is 11.9 Å². The van der Waals surface area contributed by atoms with E-state index < -0.39 is 0 Å². The van der Waals surface area contributed by atoms with Crippen LogP contribution in [0.25, 0.3) is 0 Å². The topological polar surface area (TPSA) is 92.2 Å². The first-order chi connectivity index (χ1) is 9.00. The molecule has 7 heteroatoms. The minimum Gasteiger partial charge on any atom is -0.463 e. The zero-order valence-electron chi connectivity index (χ0n) is 12.0. The molecule has 19 heavy (non-hydrogen) atoms. The monoisotopic (exact) mass is 269 g/mol. The fraction of sp³-hybridized carbons (Fsp3) is 0.750. The average Bonchev–Trinajstić information content (AvgIpc) is 2.35. The molecule has 0 unspecified atom stereocenters. The third kappa shape index (κ3) is 5.25. The Kier molecular flexibility index (Phi) is 5.75. The molecule has 0 aliphatic rings. The number of hydrogen-bond donors (Lipinski definition) is 3. The predicted molar refractivity (Wildman–Crippen MR) is 74.6 cm³/mol. The Labute approximate surface area is 113 Å². The van der Waals surface area contributed by atoms with Crippen LogP contribution in [0.3, 0.4) is 0 Å². The van der Waals surface area contributed by atoms with Gasteiger partial charge in [0.25, 0.3) is 0 Å². The van der Waals surface area contributed by atoms with E-state index >= 15 is 0 Å². The molecule has 0 bridgehead atoms. The van der Waals surface area contributed by atoms with Crippen LogP contribution < -0.4 is 15.4 Å². The summed E-state index contributed by atoms with van der Waals surface area (Å²) in [5.74, 6) is 0.882. The molecular weight excluding hydrogens is 246 g/mol. The minimum absolute atomic E-state index is 0.100. The lowest BCUT2D eigenvalue weighted by Crippen LogP contribution is -2.33. The Hall–Kier alpha value is -1.63. The van der Waals surface area contributed by atoms with Crippen molar-refractivity contribution in [3.8, 4) is 6.01 Å². The van der Waals surface area contributed by atoms with Crippen LogP contribution in [0, 0.1) is 0 Å². The first-order valence-electron chi connectivity index (χ1n) is 6.46. The van der Waals surface area contributed by atoms with Gasteiger partial charge < -0.3 is 20.5 Å². The highest BCUT2D eigenvalue weighted by Gasteiger charge is 2.19. The molecule has 0 spiro atoms. The maximum Gasteiger partial charge on any atom is 0.323 e. The summed E-state index contributed by atoms with van der Waals surface area (Å²) in [6, 6.07) is 0.295. The largest absolute Gasteiger partial charge is 0.463 e. The Morgan fingerprint density at radius 3 is 2.47 bits per heavy atom. The highest BCUT2D eigenvalue weighted by molar-refractivity contribution is 5.37. The van der Waals surface area contributed by atoms with E-state index in [0.717, 1.165) is 6.42 Å². The number of ether oxygens (including phenoxy) is 1. The molecule has 1 aromatic rings. The van der Waals surface area contributed by atoms with E-state index in [9.17, 15) is 0 Å². The summed E-state index contributed by atoms with van der Waals surface area (Å²) in [7, 11) is 1.74. The van der Waals surface area contributed by atoms with E-state index in [1.807, 2.05) is 20.8 Å². The third-order valence-electron chi connectivity index (χ3n) is 2.46. The van der Waals surface area contributed by atoms with Crippen molar-refractivity contribution in [2.75, 3.05) is 30.9 Å². The van der Waals surface area contributed by atoms with E-state index in [0.29, 0.717) is 30.9 Å². The van der Waals surface area contributed by atoms with Gasteiger partial charge in [-0.15, -0.1) is 0 Å². The lowest BCUT2D eigenvalue weighted by Gasteiger charge is -2.25. The molecule has 0 aromatic carbocycles. The minimum atomic E-state index is -0.302. The van der Waals surface area contributed by atoms with Gasteiger partial charge >= 0.3 is 6.01 Å². The van der Waals surface area contributed by atoms with Gasteiger partial charge in [0.1, 0.15) is 0 Å². The second kappa shape index (κ2) is 7.08. The standard InChI is InChI=1S/C12H23N5O2/c1-5-8-19-11-15-9(13-4)14-10(16-11)17-12(2,3)6-7-18/h18H,5-8H2,1-4H3,(H2,13,14,15,16,17). The molecule has 0 aliphatic heterocycles. The van der Waals surface area contributed by atoms with Gasteiger partial charge in [-0.2, -0.15) is 15.0 Å². The molecule has 0 atom stereocenters. The second-order valence-corrected chi connectivity index (χ2v) is 4.85. The summed E-state index contributed by atoms with van der Waals surface area (Å²) in [6.07, 6.45) is 1.48. The maximum atomic E-state index is 9.02. The van der Waals surface area contributed by atoms with E-state index in [4.69, 9.17) is 9.84 Å². The number of aliphatic hydroxyl groups excluding tert-OH is 1. The number of anilines is 2. The fourth-order valence-electron chi connectivity index (χ4n) is 1.43. The van der Waals surface area contributed by atoms with Crippen molar-refractivity contribution < 1.29 is 9.84 Å². The summed E-state index contributed by atoms with van der Waals surface area (Å²) in [5.41, 5.74) is -0.302. The maximum absolute atomic E-state index is 9.02. The fourth-order valence-corrected chi connectivity index (χ4v) is 1.43. The molecule has 1 aromatic heterocycles. The number of aliphatic hydroxyl groups is 1. The van der Waals surface area contributed by atoms with Crippen molar-refractivity contribution in [3.63, 3.8) is 0 Å². The van der Waals surface area contributed by atoms with Gasteiger partial charge in [0.15, 0.2) is 0 Å². The van der Waals surface area contributed by atoms with Crippen LogP contribution >= 0.6 is 0 Å². The Morgan fingerprint density at radius 2 is 1.89 bits per heavy atom. The summed E-state index contributed by atoms with van der Waals surface area (Å²) in [6.45, 7) is 6.62. The van der Waals surface area contributed by atoms with E-state index in [-0.39, 0.29) is 12.1 Å². The molecule has 0 saturated heterocycles. The Morgan fingerprint density at radius 1 is 1.21 bits per heavy atom. The van der Waals surface area contributed by atoms with Crippen LogP contribution in [0.4, 0.5) is 11.9 Å². The molecule has 7 nitrogen and oxygen atoms in total.